The number of benzene rings is 1. The molecule has 0 spiro atoms. The summed E-state index contributed by atoms with van der Waals surface area (Å²) in [5.74, 6) is 0. The van der Waals surface area contributed by atoms with E-state index < -0.39 is 0 Å². The third kappa shape index (κ3) is 1.54. The number of aryl methyl sites for hydroxylation is 2. The summed E-state index contributed by atoms with van der Waals surface area (Å²) in [7, 11) is 0. The first kappa shape index (κ1) is 9.71. The highest BCUT2D eigenvalue weighted by molar-refractivity contribution is 5.53. The number of nitro groups is 1. The Morgan fingerprint density at radius 1 is 1.08 bits per heavy atom. The van der Waals surface area contributed by atoms with Crippen molar-refractivity contribution >= 4 is 5.69 Å². The lowest BCUT2D eigenvalue weighted by atomic mass is 9.99. The molecule has 0 radical (unpaired) electrons. The van der Waals surface area contributed by atoms with Gasteiger partial charge in [0, 0.05) is 11.1 Å². The lowest BCUT2D eigenvalue weighted by Crippen LogP contribution is -1.98. The molecule has 0 bridgehead atoms. The fourth-order valence-electron chi connectivity index (χ4n) is 1.55. The van der Waals surface area contributed by atoms with Gasteiger partial charge in [0.25, 0.3) is 5.69 Å². The van der Waals surface area contributed by atoms with Crippen molar-refractivity contribution in [3.63, 3.8) is 0 Å². The van der Waals surface area contributed by atoms with E-state index in [-0.39, 0.29) is 10.6 Å². The maximum Gasteiger partial charge on any atom is 0.275 e. The Kier molecular flexibility index (Phi) is 2.36. The second-order valence-electron chi connectivity index (χ2n) is 3.37. The molecule has 0 aliphatic carbocycles. The molecular formula is C10H13NO2. The quantitative estimate of drug-likeness (QED) is 0.491. The SMILES string of the molecule is Cc1cc(C)c([N+](=O)[O-])c(C)c1C. The van der Waals surface area contributed by atoms with Crippen LogP contribution in [0, 0.1) is 37.8 Å². The van der Waals surface area contributed by atoms with Gasteiger partial charge >= 0.3 is 0 Å². The second-order valence-corrected chi connectivity index (χ2v) is 3.37. The zero-order valence-electron chi connectivity index (χ0n) is 8.34. The molecule has 0 saturated heterocycles. The van der Waals surface area contributed by atoms with Crippen LogP contribution in [0.4, 0.5) is 5.69 Å². The predicted octanol–water partition coefficient (Wildman–Crippen LogP) is 2.83. The Labute approximate surface area is 77.5 Å². The zero-order chi connectivity index (χ0) is 10.2. The summed E-state index contributed by atoms with van der Waals surface area (Å²) in [4.78, 5) is 10.4. The van der Waals surface area contributed by atoms with Crippen molar-refractivity contribution in [3.8, 4) is 0 Å². The van der Waals surface area contributed by atoms with E-state index in [2.05, 4.69) is 0 Å². The van der Waals surface area contributed by atoms with Crippen molar-refractivity contribution < 1.29 is 4.92 Å². The van der Waals surface area contributed by atoms with E-state index in [4.69, 9.17) is 0 Å². The smallest absolute Gasteiger partial charge is 0.258 e. The maximum atomic E-state index is 10.7. The number of nitro benzene ring substituents is 1. The minimum Gasteiger partial charge on any atom is -0.258 e. The predicted molar refractivity (Wildman–Crippen MR) is 52.0 cm³/mol. The van der Waals surface area contributed by atoms with Crippen molar-refractivity contribution in [2.75, 3.05) is 0 Å². The average molecular weight is 179 g/mol. The summed E-state index contributed by atoms with van der Waals surface area (Å²) in [6, 6.07) is 1.86. The van der Waals surface area contributed by atoms with Crippen LogP contribution in [-0.4, -0.2) is 4.92 Å². The highest BCUT2D eigenvalue weighted by atomic mass is 16.6. The molecule has 0 fully saturated rings. The Bertz CT molecular complexity index is 370. The first-order valence-electron chi connectivity index (χ1n) is 4.17. The number of hydrogen-bond donors (Lipinski definition) is 0. The van der Waals surface area contributed by atoms with Crippen LogP contribution in [0.5, 0.6) is 0 Å². The van der Waals surface area contributed by atoms with Crippen molar-refractivity contribution in [3.05, 3.63) is 38.4 Å². The molecule has 0 heterocycles. The standard InChI is InChI=1S/C10H13NO2/c1-6-5-7(2)10(11(12)13)9(4)8(6)3/h5H,1-4H3. The maximum absolute atomic E-state index is 10.7. The average Bonchev–Trinajstić information content (AvgIpc) is 1.99. The van der Waals surface area contributed by atoms with Crippen LogP contribution in [0.15, 0.2) is 6.07 Å². The van der Waals surface area contributed by atoms with E-state index >= 15 is 0 Å². The summed E-state index contributed by atoms with van der Waals surface area (Å²) < 4.78 is 0. The minimum atomic E-state index is -0.308. The monoisotopic (exact) mass is 179 g/mol. The molecule has 0 aliphatic heterocycles. The van der Waals surface area contributed by atoms with E-state index in [9.17, 15) is 10.1 Å². The third-order valence-electron chi connectivity index (χ3n) is 2.50. The molecule has 1 rings (SSSR count). The lowest BCUT2D eigenvalue weighted by Gasteiger charge is -2.07. The van der Waals surface area contributed by atoms with Crippen LogP contribution >= 0.6 is 0 Å². The fourth-order valence-corrected chi connectivity index (χ4v) is 1.55. The fraction of sp³-hybridized carbons (Fsp3) is 0.400. The lowest BCUT2D eigenvalue weighted by molar-refractivity contribution is -0.386. The molecule has 3 heteroatoms. The Hall–Kier alpha value is -1.38. The Morgan fingerprint density at radius 2 is 1.62 bits per heavy atom. The van der Waals surface area contributed by atoms with E-state index in [0.717, 1.165) is 22.3 Å². The van der Waals surface area contributed by atoms with Crippen LogP contribution in [0.3, 0.4) is 0 Å². The summed E-state index contributed by atoms with van der Waals surface area (Å²) in [6.07, 6.45) is 0. The number of rotatable bonds is 1. The van der Waals surface area contributed by atoms with Gasteiger partial charge < -0.3 is 0 Å². The molecule has 0 atom stereocenters. The highest BCUT2D eigenvalue weighted by Crippen LogP contribution is 2.27. The van der Waals surface area contributed by atoms with Gasteiger partial charge in [0.05, 0.1) is 4.92 Å². The first-order valence-corrected chi connectivity index (χ1v) is 4.17. The largest absolute Gasteiger partial charge is 0.275 e. The van der Waals surface area contributed by atoms with E-state index in [0.29, 0.717) is 0 Å². The summed E-state index contributed by atoms with van der Waals surface area (Å²) >= 11 is 0. The molecule has 1 aromatic rings. The van der Waals surface area contributed by atoms with Gasteiger partial charge in [0.2, 0.25) is 0 Å². The highest BCUT2D eigenvalue weighted by Gasteiger charge is 2.17. The van der Waals surface area contributed by atoms with Crippen LogP contribution in [0.25, 0.3) is 0 Å². The van der Waals surface area contributed by atoms with Crippen molar-refractivity contribution in [1.29, 1.82) is 0 Å². The number of nitrogens with zero attached hydrogens (tertiary/aromatic N) is 1. The van der Waals surface area contributed by atoms with E-state index in [1.165, 1.54) is 0 Å². The molecule has 0 aliphatic rings. The summed E-state index contributed by atoms with van der Waals surface area (Å²) in [5, 5.41) is 10.7. The molecule has 13 heavy (non-hydrogen) atoms. The third-order valence-corrected chi connectivity index (χ3v) is 2.50. The van der Waals surface area contributed by atoms with Gasteiger partial charge in [-0.05, 0) is 44.9 Å². The molecule has 0 aromatic heterocycles. The van der Waals surface area contributed by atoms with Gasteiger partial charge in [0.1, 0.15) is 0 Å². The second kappa shape index (κ2) is 3.17. The van der Waals surface area contributed by atoms with Gasteiger partial charge in [0.15, 0.2) is 0 Å². The van der Waals surface area contributed by atoms with Crippen molar-refractivity contribution in [2.45, 2.75) is 27.7 Å². The first-order chi connectivity index (χ1) is 5.95. The molecule has 70 valence electrons. The Balaban J connectivity index is 3.53. The number of hydrogen-bond acceptors (Lipinski definition) is 2. The normalized spacial score (nSPS) is 10.2. The molecule has 0 N–H and O–H groups in total. The molecule has 0 unspecified atom stereocenters. The van der Waals surface area contributed by atoms with Crippen LogP contribution in [-0.2, 0) is 0 Å². The van der Waals surface area contributed by atoms with Crippen molar-refractivity contribution in [2.24, 2.45) is 0 Å². The van der Waals surface area contributed by atoms with E-state index in [1.807, 2.05) is 19.9 Å². The van der Waals surface area contributed by atoms with Crippen LogP contribution in [0.1, 0.15) is 22.3 Å². The van der Waals surface area contributed by atoms with Gasteiger partial charge in [-0.3, -0.25) is 10.1 Å². The topological polar surface area (TPSA) is 43.1 Å². The van der Waals surface area contributed by atoms with Crippen LogP contribution in [0.2, 0.25) is 0 Å². The van der Waals surface area contributed by atoms with Gasteiger partial charge in [-0.1, -0.05) is 0 Å². The molecule has 1 aromatic carbocycles. The van der Waals surface area contributed by atoms with Gasteiger partial charge in [-0.25, -0.2) is 0 Å². The molecular weight excluding hydrogens is 166 g/mol. The van der Waals surface area contributed by atoms with Crippen LogP contribution < -0.4 is 0 Å². The molecule has 0 amide bonds. The zero-order valence-corrected chi connectivity index (χ0v) is 8.34. The molecule has 3 nitrogen and oxygen atoms in total. The van der Waals surface area contributed by atoms with Crippen molar-refractivity contribution in [1.82, 2.24) is 0 Å². The van der Waals surface area contributed by atoms with Gasteiger partial charge in [-0.15, -0.1) is 0 Å². The van der Waals surface area contributed by atoms with Gasteiger partial charge in [-0.2, -0.15) is 0 Å². The van der Waals surface area contributed by atoms with E-state index in [1.54, 1.807) is 13.8 Å². The Morgan fingerprint density at radius 3 is 2.08 bits per heavy atom. The minimum absolute atomic E-state index is 0.253. The molecule has 0 saturated carbocycles. The summed E-state index contributed by atoms with van der Waals surface area (Å²) in [6.45, 7) is 7.46. The summed E-state index contributed by atoms with van der Waals surface area (Å²) in [5.41, 5.74) is 3.90.